The lowest BCUT2D eigenvalue weighted by molar-refractivity contribution is -0.192. The molecule has 1 saturated carbocycles. The smallest absolute Gasteiger partial charge is 0.490 e. The fourth-order valence-electron chi connectivity index (χ4n) is 4.41. The van der Waals surface area contributed by atoms with Gasteiger partial charge in [0.2, 0.25) is 5.75 Å². The maximum Gasteiger partial charge on any atom is 0.490 e. The normalized spacial score (nSPS) is 18.9. The predicted molar refractivity (Wildman–Crippen MR) is 126 cm³/mol. The zero-order valence-corrected chi connectivity index (χ0v) is 19.9. The average Bonchev–Trinajstić information content (AvgIpc) is 3.32. The van der Waals surface area contributed by atoms with Gasteiger partial charge in [0, 0.05) is 17.5 Å². The second kappa shape index (κ2) is 11.0. The summed E-state index contributed by atoms with van der Waals surface area (Å²) in [5.41, 5.74) is 2.56. The Hall–Kier alpha value is -3.96. The van der Waals surface area contributed by atoms with Crippen LogP contribution >= 0.6 is 0 Å². The number of carboxylic acids is 1. The fraction of sp³-hybridized carbons (Fsp3) is 0.400. The first-order valence-corrected chi connectivity index (χ1v) is 11.7. The number of imidazole rings is 1. The minimum absolute atomic E-state index is 0.101. The maximum atomic E-state index is 13.0. The molecule has 1 aromatic heterocycles. The molecule has 3 N–H and O–H groups in total. The van der Waals surface area contributed by atoms with Crippen LogP contribution in [0.2, 0.25) is 0 Å². The number of halogens is 3. The van der Waals surface area contributed by atoms with Gasteiger partial charge in [-0.15, -0.1) is 0 Å². The molecule has 198 valence electrons. The van der Waals surface area contributed by atoms with Crippen molar-refractivity contribution in [3.8, 4) is 17.2 Å². The van der Waals surface area contributed by atoms with Crippen molar-refractivity contribution in [1.82, 2.24) is 15.3 Å². The molecule has 37 heavy (non-hydrogen) atoms. The highest BCUT2D eigenvalue weighted by Crippen LogP contribution is 2.40. The van der Waals surface area contributed by atoms with E-state index in [9.17, 15) is 18.0 Å². The van der Waals surface area contributed by atoms with Gasteiger partial charge < -0.3 is 29.6 Å². The van der Waals surface area contributed by atoms with Gasteiger partial charge in [-0.25, -0.2) is 9.78 Å². The average molecular weight is 521 g/mol. The Morgan fingerprint density at radius 3 is 2.59 bits per heavy atom. The number of hydrogen-bond acceptors (Lipinski definition) is 6. The summed E-state index contributed by atoms with van der Waals surface area (Å²) in [4.78, 5) is 30.1. The van der Waals surface area contributed by atoms with Gasteiger partial charge in [-0.1, -0.05) is 18.6 Å². The number of nitrogens with one attached hydrogen (secondary N) is 2. The minimum atomic E-state index is -5.08. The lowest BCUT2D eigenvalue weighted by atomic mass is 9.85. The van der Waals surface area contributed by atoms with E-state index < -0.39 is 12.1 Å². The van der Waals surface area contributed by atoms with Crippen LogP contribution in [0.15, 0.2) is 36.4 Å². The van der Waals surface area contributed by atoms with Gasteiger partial charge >= 0.3 is 12.1 Å². The Morgan fingerprint density at radius 1 is 1.16 bits per heavy atom. The molecule has 1 fully saturated rings. The molecule has 12 heteroatoms. The monoisotopic (exact) mass is 521 g/mol. The molecule has 9 nitrogen and oxygen atoms in total. The summed E-state index contributed by atoms with van der Waals surface area (Å²) in [6.45, 7) is 0.934. The first kappa shape index (κ1) is 26.1. The summed E-state index contributed by atoms with van der Waals surface area (Å²) < 4.78 is 48.4. The fourth-order valence-corrected chi connectivity index (χ4v) is 4.41. The third-order valence-corrected chi connectivity index (χ3v) is 6.14. The number of aromatic amines is 1. The van der Waals surface area contributed by atoms with Crippen LogP contribution in [-0.2, 0) is 4.79 Å². The Labute approximate surface area is 209 Å². The van der Waals surface area contributed by atoms with Crippen molar-refractivity contribution >= 4 is 22.9 Å². The van der Waals surface area contributed by atoms with E-state index in [2.05, 4.69) is 10.3 Å². The molecular weight excluding hydrogens is 495 g/mol. The van der Waals surface area contributed by atoms with Gasteiger partial charge in [-0.05, 0) is 43.5 Å². The Morgan fingerprint density at radius 2 is 1.89 bits per heavy atom. The number of benzene rings is 2. The van der Waals surface area contributed by atoms with E-state index in [1.54, 1.807) is 19.2 Å². The van der Waals surface area contributed by atoms with Crippen LogP contribution in [0.25, 0.3) is 11.0 Å². The first-order chi connectivity index (χ1) is 17.7. The lowest BCUT2D eigenvalue weighted by Crippen LogP contribution is -2.38. The Balaban J connectivity index is 0.000000405. The number of ether oxygens (including phenoxy) is 3. The number of carboxylic acid groups (broad SMARTS) is 1. The zero-order valence-electron chi connectivity index (χ0n) is 19.9. The topological polar surface area (TPSA) is 123 Å². The standard InChI is InChI=1S/C23H25N3O4.C2HF3O2/c1-28-19-12-15(13-20-21(19)30-10-9-29-20)23(27)24-16-6-4-5-14(11-16)22-25-17-7-2-3-8-18(17)26-22;3-2(4,5)1(6)7/h2-3,7-8,12-14,16H,4-6,9-11H2,1H3,(H,24,27)(H,25,26);(H,6,7). The van der Waals surface area contributed by atoms with E-state index in [-0.39, 0.29) is 11.9 Å². The number of fused-ring (bicyclic) bond motifs is 2. The SMILES string of the molecule is COc1cc(C(=O)NC2CCCC(c3nc4ccccc4[nH]3)C2)cc2c1OCCO2.O=C(O)C(F)(F)F. The molecule has 5 rings (SSSR count). The molecule has 1 aliphatic heterocycles. The van der Waals surface area contributed by atoms with Crippen LogP contribution in [-0.4, -0.2) is 59.5 Å². The molecule has 1 aliphatic carbocycles. The zero-order chi connectivity index (χ0) is 26.6. The van der Waals surface area contributed by atoms with Crippen molar-refractivity contribution in [2.24, 2.45) is 0 Å². The predicted octanol–water partition coefficient (Wildman–Crippen LogP) is 4.43. The Kier molecular flexibility index (Phi) is 7.74. The quantitative estimate of drug-likeness (QED) is 0.464. The van der Waals surface area contributed by atoms with Gasteiger partial charge in [0.05, 0.1) is 18.1 Å². The van der Waals surface area contributed by atoms with E-state index in [1.165, 1.54) is 0 Å². The number of aliphatic carboxylic acids is 1. The second-order valence-corrected chi connectivity index (χ2v) is 8.68. The van der Waals surface area contributed by atoms with Crippen LogP contribution in [0.1, 0.15) is 47.8 Å². The highest BCUT2D eigenvalue weighted by molar-refractivity contribution is 5.95. The molecule has 0 spiro atoms. The number of alkyl halides is 3. The van der Waals surface area contributed by atoms with Gasteiger partial charge in [-0.2, -0.15) is 13.2 Å². The molecule has 0 bridgehead atoms. The van der Waals surface area contributed by atoms with E-state index >= 15 is 0 Å². The maximum absolute atomic E-state index is 13.0. The van der Waals surface area contributed by atoms with Gasteiger partial charge in [-0.3, -0.25) is 4.79 Å². The van der Waals surface area contributed by atoms with Crippen molar-refractivity contribution in [3.63, 3.8) is 0 Å². The largest absolute Gasteiger partial charge is 0.493 e. The molecule has 3 aromatic rings. The molecule has 2 heterocycles. The minimum Gasteiger partial charge on any atom is -0.493 e. The van der Waals surface area contributed by atoms with Crippen molar-refractivity contribution in [2.45, 2.75) is 43.8 Å². The summed E-state index contributed by atoms with van der Waals surface area (Å²) in [6, 6.07) is 11.6. The van der Waals surface area contributed by atoms with Crippen molar-refractivity contribution in [1.29, 1.82) is 0 Å². The number of rotatable bonds is 4. The van der Waals surface area contributed by atoms with Crippen LogP contribution in [0.4, 0.5) is 13.2 Å². The highest BCUT2D eigenvalue weighted by atomic mass is 19.4. The van der Waals surface area contributed by atoms with Gasteiger partial charge in [0.1, 0.15) is 19.0 Å². The number of H-pyrrole nitrogens is 1. The second-order valence-electron chi connectivity index (χ2n) is 8.68. The summed E-state index contributed by atoms with van der Waals surface area (Å²) in [5.74, 6) is 0.0639. The number of hydrogen-bond donors (Lipinski definition) is 3. The molecule has 0 radical (unpaired) electrons. The molecule has 2 unspecified atom stereocenters. The molecule has 2 aliphatic rings. The summed E-state index contributed by atoms with van der Waals surface area (Å²) in [7, 11) is 1.56. The van der Waals surface area contributed by atoms with Crippen molar-refractivity contribution in [2.75, 3.05) is 20.3 Å². The number of carbonyl (C=O) groups excluding carboxylic acids is 1. The molecular formula is C25H26F3N3O6. The number of methoxy groups -OCH3 is 1. The molecule has 0 saturated heterocycles. The van der Waals surface area contributed by atoms with Crippen molar-refractivity contribution in [3.05, 3.63) is 47.8 Å². The van der Waals surface area contributed by atoms with Crippen LogP contribution in [0.5, 0.6) is 17.2 Å². The number of amides is 1. The summed E-state index contributed by atoms with van der Waals surface area (Å²) in [6.07, 6.45) is -1.13. The number of nitrogens with zero attached hydrogens (tertiary/aromatic N) is 1. The van der Waals surface area contributed by atoms with E-state index in [0.29, 0.717) is 41.9 Å². The Bertz CT molecular complexity index is 1230. The molecule has 1 amide bonds. The number of aromatic nitrogens is 2. The molecule has 2 atom stereocenters. The number of carbonyl (C=O) groups is 2. The van der Waals surface area contributed by atoms with Crippen LogP contribution in [0, 0.1) is 0 Å². The first-order valence-electron chi connectivity index (χ1n) is 11.7. The van der Waals surface area contributed by atoms with Crippen LogP contribution < -0.4 is 19.5 Å². The van der Waals surface area contributed by atoms with Crippen molar-refractivity contribution < 1.29 is 42.1 Å². The highest BCUT2D eigenvalue weighted by Gasteiger charge is 2.38. The van der Waals surface area contributed by atoms with Gasteiger partial charge in [0.25, 0.3) is 5.91 Å². The summed E-state index contributed by atoms with van der Waals surface area (Å²) >= 11 is 0. The number of para-hydroxylation sites is 2. The van der Waals surface area contributed by atoms with E-state index in [4.69, 9.17) is 29.1 Å². The molecule has 2 aromatic carbocycles. The van der Waals surface area contributed by atoms with Gasteiger partial charge in [0.15, 0.2) is 11.5 Å². The van der Waals surface area contributed by atoms with E-state index in [0.717, 1.165) is 42.5 Å². The lowest BCUT2D eigenvalue weighted by Gasteiger charge is -2.29. The third-order valence-electron chi connectivity index (χ3n) is 6.14. The summed E-state index contributed by atoms with van der Waals surface area (Å²) in [5, 5.41) is 10.3. The third kappa shape index (κ3) is 6.25. The van der Waals surface area contributed by atoms with E-state index in [1.807, 2.05) is 24.3 Å². The van der Waals surface area contributed by atoms with Crippen LogP contribution in [0.3, 0.4) is 0 Å².